The van der Waals surface area contributed by atoms with Crippen LogP contribution in [0.4, 0.5) is 4.39 Å². The third-order valence-electron chi connectivity index (χ3n) is 3.95. The second-order valence-corrected chi connectivity index (χ2v) is 5.59. The molecule has 21 heavy (non-hydrogen) atoms. The van der Waals surface area contributed by atoms with Gasteiger partial charge in [-0.25, -0.2) is 4.39 Å². The molecule has 0 bridgehead atoms. The first-order valence-electron chi connectivity index (χ1n) is 7.37. The minimum absolute atomic E-state index is 0. The molecule has 3 nitrogen and oxygen atoms in total. The molecule has 1 aliphatic rings. The first-order valence-corrected chi connectivity index (χ1v) is 7.37. The highest BCUT2D eigenvalue weighted by Crippen LogP contribution is 2.17. The van der Waals surface area contributed by atoms with Gasteiger partial charge in [0.05, 0.1) is 0 Å². The maximum absolute atomic E-state index is 13.1. The van der Waals surface area contributed by atoms with Crippen molar-refractivity contribution in [1.82, 2.24) is 10.6 Å². The molecule has 118 valence electrons. The second kappa shape index (κ2) is 9.00. The van der Waals surface area contributed by atoms with E-state index in [9.17, 15) is 9.18 Å². The molecule has 5 heteroatoms. The van der Waals surface area contributed by atoms with Crippen molar-refractivity contribution in [2.24, 2.45) is 5.92 Å². The molecular formula is C16H24ClFN2O. The van der Waals surface area contributed by atoms with Gasteiger partial charge in [-0.1, -0.05) is 12.1 Å². The smallest absolute Gasteiger partial charge is 0.220 e. The number of nitrogens with one attached hydrogen (secondary N) is 2. The predicted molar refractivity (Wildman–Crippen MR) is 85.1 cm³/mol. The van der Waals surface area contributed by atoms with E-state index in [1.165, 1.54) is 18.9 Å². The molecule has 1 aromatic rings. The van der Waals surface area contributed by atoms with Gasteiger partial charge in [0, 0.05) is 13.0 Å². The average Bonchev–Trinajstić information content (AvgIpc) is 2.47. The molecule has 1 heterocycles. The van der Waals surface area contributed by atoms with E-state index in [0.717, 1.165) is 25.1 Å². The van der Waals surface area contributed by atoms with Gasteiger partial charge in [-0.15, -0.1) is 12.4 Å². The van der Waals surface area contributed by atoms with E-state index in [2.05, 4.69) is 10.6 Å². The summed E-state index contributed by atoms with van der Waals surface area (Å²) < 4.78 is 13.1. The van der Waals surface area contributed by atoms with Gasteiger partial charge in [-0.2, -0.15) is 0 Å². The summed E-state index contributed by atoms with van der Waals surface area (Å²) in [6, 6.07) is 4.95. The number of hydrogen-bond acceptors (Lipinski definition) is 2. The summed E-state index contributed by atoms with van der Waals surface area (Å²) in [6.07, 6.45) is 3.90. The minimum atomic E-state index is -0.203. The molecule has 0 spiro atoms. The number of halogens is 2. The Kier molecular flexibility index (Phi) is 7.68. The number of aryl methyl sites for hydroxylation is 1. The number of piperidine rings is 1. The summed E-state index contributed by atoms with van der Waals surface area (Å²) in [5, 5.41) is 6.24. The van der Waals surface area contributed by atoms with Crippen LogP contribution in [0.2, 0.25) is 0 Å². The van der Waals surface area contributed by atoms with Crippen molar-refractivity contribution in [2.75, 3.05) is 13.1 Å². The van der Waals surface area contributed by atoms with E-state index < -0.39 is 0 Å². The molecule has 2 N–H and O–H groups in total. The molecule has 1 saturated heterocycles. The summed E-state index contributed by atoms with van der Waals surface area (Å²) in [7, 11) is 0. The molecule has 1 amide bonds. The normalized spacial score (nSPS) is 15.3. The first kappa shape index (κ1) is 17.9. The predicted octanol–water partition coefficient (Wildman–Crippen LogP) is 2.95. The average molecular weight is 315 g/mol. The van der Waals surface area contributed by atoms with Crippen LogP contribution >= 0.6 is 12.4 Å². The number of benzene rings is 1. The summed E-state index contributed by atoms with van der Waals surface area (Å²) in [5.41, 5.74) is 1.56. The van der Waals surface area contributed by atoms with Crippen LogP contribution in [0.3, 0.4) is 0 Å². The van der Waals surface area contributed by atoms with Gasteiger partial charge >= 0.3 is 0 Å². The van der Waals surface area contributed by atoms with E-state index in [1.807, 2.05) is 0 Å². The highest BCUT2D eigenvalue weighted by Gasteiger charge is 2.14. The quantitative estimate of drug-likeness (QED) is 0.877. The lowest BCUT2D eigenvalue weighted by Crippen LogP contribution is -2.29. The van der Waals surface area contributed by atoms with E-state index in [0.29, 0.717) is 24.4 Å². The van der Waals surface area contributed by atoms with Crippen molar-refractivity contribution in [3.05, 3.63) is 35.1 Å². The van der Waals surface area contributed by atoms with Gasteiger partial charge < -0.3 is 10.6 Å². The van der Waals surface area contributed by atoms with Crippen molar-refractivity contribution in [1.29, 1.82) is 0 Å². The Morgan fingerprint density at radius 1 is 1.38 bits per heavy atom. The highest BCUT2D eigenvalue weighted by atomic mass is 35.5. The van der Waals surface area contributed by atoms with Crippen molar-refractivity contribution in [3.8, 4) is 0 Å². The molecule has 0 aromatic heterocycles. The number of carbonyl (C=O) groups excluding carboxylic acids is 1. The molecule has 1 aliphatic heterocycles. The maximum Gasteiger partial charge on any atom is 0.220 e. The van der Waals surface area contributed by atoms with Crippen LogP contribution in [0.15, 0.2) is 18.2 Å². The van der Waals surface area contributed by atoms with Gasteiger partial charge in [-0.05, 0) is 62.4 Å². The van der Waals surface area contributed by atoms with Crippen LogP contribution in [-0.4, -0.2) is 19.0 Å². The van der Waals surface area contributed by atoms with Crippen molar-refractivity contribution >= 4 is 18.3 Å². The Bertz CT molecular complexity index is 462. The van der Waals surface area contributed by atoms with Crippen LogP contribution in [0, 0.1) is 18.7 Å². The number of rotatable bonds is 5. The lowest BCUT2D eigenvalue weighted by atomic mass is 9.93. The Morgan fingerprint density at radius 2 is 2.10 bits per heavy atom. The fraction of sp³-hybridized carbons (Fsp3) is 0.562. The summed E-state index contributed by atoms with van der Waals surface area (Å²) in [6.45, 7) is 4.35. The number of hydrogen-bond donors (Lipinski definition) is 2. The molecule has 0 atom stereocenters. The molecule has 1 aromatic carbocycles. The highest BCUT2D eigenvalue weighted by molar-refractivity contribution is 5.85. The van der Waals surface area contributed by atoms with Gasteiger partial charge in [0.1, 0.15) is 5.82 Å². The zero-order valence-electron chi connectivity index (χ0n) is 12.5. The fourth-order valence-corrected chi connectivity index (χ4v) is 2.61. The van der Waals surface area contributed by atoms with E-state index >= 15 is 0 Å². The van der Waals surface area contributed by atoms with Crippen molar-refractivity contribution < 1.29 is 9.18 Å². The van der Waals surface area contributed by atoms with Crippen LogP contribution in [0.25, 0.3) is 0 Å². The molecule has 0 saturated carbocycles. The third-order valence-corrected chi connectivity index (χ3v) is 3.95. The maximum atomic E-state index is 13.1. The van der Waals surface area contributed by atoms with E-state index in [4.69, 9.17) is 0 Å². The monoisotopic (exact) mass is 314 g/mol. The third kappa shape index (κ3) is 6.02. The van der Waals surface area contributed by atoms with Crippen LogP contribution in [0.5, 0.6) is 0 Å². The lowest BCUT2D eigenvalue weighted by molar-refractivity contribution is -0.121. The summed E-state index contributed by atoms with van der Waals surface area (Å²) >= 11 is 0. The molecule has 0 radical (unpaired) electrons. The SMILES string of the molecule is Cc1cc(CNC(=O)CCC2CCNCC2)ccc1F.Cl. The lowest BCUT2D eigenvalue weighted by Gasteiger charge is -2.22. The van der Waals surface area contributed by atoms with Crippen molar-refractivity contribution in [3.63, 3.8) is 0 Å². The zero-order valence-corrected chi connectivity index (χ0v) is 13.3. The Morgan fingerprint density at radius 3 is 2.76 bits per heavy atom. The summed E-state index contributed by atoms with van der Waals surface area (Å²) in [4.78, 5) is 11.8. The second-order valence-electron chi connectivity index (χ2n) is 5.59. The minimum Gasteiger partial charge on any atom is -0.352 e. The van der Waals surface area contributed by atoms with Crippen LogP contribution < -0.4 is 10.6 Å². The van der Waals surface area contributed by atoms with E-state index in [-0.39, 0.29) is 24.1 Å². The Hall–Kier alpha value is -1.13. The van der Waals surface area contributed by atoms with Gasteiger partial charge in [-0.3, -0.25) is 4.79 Å². The van der Waals surface area contributed by atoms with E-state index in [1.54, 1.807) is 19.1 Å². The molecule has 2 rings (SSSR count). The molecule has 1 fully saturated rings. The fourth-order valence-electron chi connectivity index (χ4n) is 2.61. The van der Waals surface area contributed by atoms with Gasteiger partial charge in [0.25, 0.3) is 0 Å². The molecule has 0 aliphatic carbocycles. The van der Waals surface area contributed by atoms with Gasteiger partial charge in [0.15, 0.2) is 0 Å². The molecular weight excluding hydrogens is 291 g/mol. The van der Waals surface area contributed by atoms with Crippen molar-refractivity contribution in [2.45, 2.75) is 39.2 Å². The first-order chi connectivity index (χ1) is 9.65. The summed E-state index contributed by atoms with van der Waals surface area (Å²) in [5.74, 6) is 0.562. The number of carbonyl (C=O) groups is 1. The van der Waals surface area contributed by atoms with Crippen LogP contribution in [-0.2, 0) is 11.3 Å². The van der Waals surface area contributed by atoms with Gasteiger partial charge in [0.2, 0.25) is 5.91 Å². The van der Waals surface area contributed by atoms with Crippen LogP contribution in [0.1, 0.15) is 36.8 Å². The molecule has 0 unspecified atom stereocenters. The standard InChI is InChI=1S/C16H23FN2O.ClH/c1-12-10-14(2-4-15(12)17)11-19-16(20)5-3-13-6-8-18-9-7-13;/h2,4,10,13,18H,3,5-9,11H2,1H3,(H,19,20);1H. The largest absolute Gasteiger partial charge is 0.352 e. The zero-order chi connectivity index (χ0) is 14.4. The number of amides is 1. The Balaban J connectivity index is 0.00000220. The Labute approximate surface area is 132 Å². The topological polar surface area (TPSA) is 41.1 Å².